The number of urea groups is 1. The van der Waals surface area contributed by atoms with Crippen molar-refractivity contribution >= 4 is 12.1 Å². The summed E-state index contributed by atoms with van der Waals surface area (Å²) in [6, 6.07) is 8.40. The zero-order valence-corrected chi connectivity index (χ0v) is 21.4. The maximum absolute atomic E-state index is 11.9. The van der Waals surface area contributed by atoms with E-state index in [-0.39, 0.29) is 12.2 Å². The number of ether oxygens (including phenoxy) is 2. The van der Waals surface area contributed by atoms with Crippen LogP contribution in [-0.2, 0) is 4.74 Å². The molecule has 11 heteroatoms. The lowest BCUT2D eigenvalue weighted by atomic mass is 10.1. The first-order valence-corrected chi connectivity index (χ1v) is 12.3. The number of benzene rings is 1. The van der Waals surface area contributed by atoms with Gasteiger partial charge in [-0.1, -0.05) is 0 Å². The summed E-state index contributed by atoms with van der Waals surface area (Å²) < 4.78 is 11.8. The molecule has 0 spiro atoms. The number of hydrogen-bond donors (Lipinski definition) is 2. The van der Waals surface area contributed by atoms with Crippen molar-refractivity contribution < 1.29 is 24.2 Å². The third-order valence-corrected chi connectivity index (χ3v) is 6.52. The number of rotatable bonds is 10. The Bertz CT molecular complexity index is 914. The molecule has 36 heavy (non-hydrogen) atoms. The van der Waals surface area contributed by atoms with Crippen molar-refractivity contribution in [1.29, 1.82) is 5.26 Å². The molecule has 2 heterocycles. The van der Waals surface area contributed by atoms with Gasteiger partial charge < -0.3 is 30.1 Å². The predicted octanol–water partition coefficient (Wildman–Crippen LogP) is 1.48. The maximum atomic E-state index is 11.9. The van der Waals surface area contributed by atoms with Crippen molar-refractivity contribution in [2.75, 3.05) is 65.5 Å². The fourth-order valence-electron chi connectivity index (χ4n) is 4.68. The second-order valence-corrected chi connectivity index (χ2v) is 10.3. The van der Waals surface area contributed by atoms with Crippen LogP contribution in [0.5, 0.6) is 5.75 Å². The van der Waals surface area contributed by atoms with E-state index < -0.39 is 17.7 Å². The Morgan fingerprint density at radius 3 is 2.11 bits per heavy atom. The van der Waals surface area contributed by atoms with Crippen LogP contribution in [0.25, 0.3) is 0 Å². The smallest absolute Gasteiger partial charge is 0.407 e. The van der Waals surface area contributed by atoms with Crippen LogP contribution in [0.2, 0.25) is 0 Å². The lowest BCUT2D eigenvalue weighted by Gasteiger charge is -2.46. The van der Waals surface area contributed by atoms with E-state index in [2.05, 4.69) is 15.9 Å². The first kappa shape index (κ1) is 27.5. The zero-order valence-electron chi connectivity index (χ0n) is 21.4. The monoisotopic (exact) mass is 502 g/mol. The van der Waals surface area contributed by atoms with Gasteiger partial charge in [-0.15, -0.1) is 0 Å². The molecule has 0 radical (unpaired) electrons. The lowest BCUT2D eigenvalue weighted by molar-refractivity contribution is -0.139. The molecule has 0 aliphatic carbocycles. The van der Waals surface area contributed by atoms with Gasteiger partial charge in [0.15, 0.2) is 0 Å². The Labute approximate surface area is 212 Å². The minimum atomic E-state index is -0.900. The van der Waals surface area contributed by atoms with E-state index in [0.717, 1.165) is 26.2 Å². The Balaban J connectivity index is 1.42. The zero-order chi connectivity index (χ0) is 26.3. The van der Waals surface area contributed by atoms with Crippen molar-refractivity contribution in [1.82, 2.24) is 19.6 Å². The average molecular weight is 503 g/mol. The van der Waals surface area contributed by atoms with Gasteiger partial charge in [-0.25, -0.2) is 9.59 Å². The highest BCUT2D eigenvalue weighted by Gasteiger charge is 2.35. The molecule has 1 aromatic rings. The third kappa shape index (κ3) is 7.98. The van der Waals surface area contributed by atoms with Crippen LogP contribution in [0, 0.1) is 11.3 Å². The molecule has 198 valence electrons. The number of nitriles is 1. The van der Waals surface area contributed by atoms with E-state index in [1.54, 1.807) is 29.2 Å². The molecule has 2 fully saturated rings. The summed E-state index contributed by atoms with van der Waals surface area (Å²) >= 11 is 0. The van der Waals surface area contributed by atoms with Crippen LogP contribution in [0.15, 0.2) is 24.3 Å². The summed E-state index contributed by atoms with van der Waals surface area (Å²) in [7, 11) is 0. The van der Waals surface area contributed by atoms with Crippen LogP contribution in [0.3, 0.4) is 0 Å². The number of primary amides is 1. The van der Waals surface area contributed by atoms with Crippen LogP contribution in [-0.4, -0.2) is 120 Å². The van der Waals surface area contributed by atoms with Crippen molar-refractivity contribution in [2.45, 2.75) is 38.5 Å². The summed E-state index contributed by atoms with van der Waals surface area (Å²) in [5.41, 5.74) is 5.71. The number of amides is 3. The van der Waals surface area contributed by atoms with Gasteiger partial charge in [0, 0.05) is 57.9 Å². The van der Waals surface area contributed by atoms with Crippen molar-refractivity contribution in [3.63, 3.8) is 0 Å². The van der Waals surface area contributed by atoms with E-state index in [1.807, 2.05) is 20.8 Å². The van der Waals surface area contributed by atoms with Gasteiger partial charge in [-0.2, -0.15) is 5.26 Å². The molecule has 0 aromatic heterocycles. The van der Waals surface area contributed by atoms with E-state index >= 15 is 0 Å². The maximum Gasteiger partial charge on any atom is 0.407 e. The normalized spacial score (nSPS) is 20.4. The number of fused-ring (bicyclic) bond motifs is 2. The molecule has 1 aromatic carbocycles. The van der Waals surface area contributed by atoms with Gasteiger partial charge in [0.2, 0.25) is 0 Å². The van der Waals surface area contributed by atoms with Crippen molar-refractivity contribution in [3.05, 3.63) is 29.8 Å². The average Bonchev–Trinajstić information content (AvgIpc) is 2.80. The first-order chi connectivity index (χ1) is 17.0. The molecule has 2 atom stereocenters. The highest BCUT2D eigenvalue weighted by atomic mass is 16.5. The summed E-state index contributed by atoms with van der Waals surface area (Å²) in [5, 5.41) is 18.4. The summed E-state index contributed by atoms with van der Waals surface area (Å²) in [6.45, 7) is 11.7. The molecule has 3 N–H and O–H groups in total. The quantitative estimate of drug-likeness (QED) is 0.491. The van der Waals surface area contributed by atoms with Crippen LogP contribution < -0.4 is 10.5 Å². The Kier molecular flexibility index (Phi) is 9.37. The van der Waals surface area contributed by atoms with Crippen molar-refractivity contribution in [2.24, 2.45) is 5.73 Å². The molecular formula is C25H38N6O5. The molecule has 11 nitrogen and oxygen atoms in total. The summed E-state index contributed by atoms with van der Waals surface area (Å²) in [5.74, 6) is 0.637. The van der Waals surface area contributed by atoms with E-state index in [1.165, 1.54) is 4.90 Å². The second kappa shape index (κ2) is 12.3. The van der Waals surface area contributed by atoms with Gasteiger partial charge in [-0.05, 0) is 45.0 Å². The van der Waals surface area contributed by atoms with Gasteiger partial charge in [-0.3, -0.25) is 9.80 Å². The van der Waals surface area contributed by atoms with E-state index in [4.69, 9.17) is 20.5 Å². The Morgan fingerprint density at radius 1 is 1.08 bits per heavy atom. The van der Waals surface area contributed by atoms with Crippen LogP contribution >= 0.6 is 0 Å². The molecule has 2 bridgehead atoms. The van der Waals surface area contributed by atoms with Crippen LogP contribution in [0.1, 0.15) is 26.3 Å². The lowest BCUT2D eigenvalue weighted by Crippen LogP contribution is -2.61. The fourth-order valence-corrected chi connectivity index (χ4v) is 4.68. The number of nitrogens with two attached hydrogens (primary N) is 1. The predicted molar refractivity (Wildman–Crippen MR) is 134 cm³/mol. The molecule has 3 rings (SSSR count). The number of carboxylic acid groups (broad SMARTS) is 1. The highest BCUT2D eigenvalue weighted by Crippen LogP contribution is 2.20. The second-order valence-electron chi connectivity index (χ2n) is 10.3. The number of hydrogen-bond acceptors (Lipinski definition) is 7. The SMILES string of the molecule is CC(C)(C)N(CCN1CC2CN(CCN(CCOc3ccc(C#N)cc3)C(N)=O)CC(C1)O2)C(=O)O. The molecule has 2 aliphatic rings. The number of nitrogens with zero attached hydrogens (tertiary/aromatic N) is 5. The molecule has 2 unspecified atom stereocenters. The molecule has 2 aliphatic heterocycles. The van der Waals surface area contributed by atoms with Gasteiger partial charge in [0.05, 0.1) is 30.4 Å². The number of carbonyl (C=O) groups excluding carboxylic acids is 1. The third-order valence-electron chi connectivity index (χ3n) is 6.52. The standard InChI is InChI=1S/C25H38N6O5/c1-25(2,3)31(24(33)34)11-9-29-17-21-15-28(16-22(18-29)36-21)8-10-30(23(27)32)12-13-35-20-6-4-19(14-26)5-7-20/h4-7,21-22H,8-13,15-18H2,1-3H3,(H2,27,32)(H,33,34). The first-order valence-electron chi connectivity index (χ1n) is 12.3. The minimum Gasteiger partial charge on any atom is -0.492 e. The Hall–Kier alpha value is -3.07. The highest BCUT2D eigenvalue weighted by molar-refractivity contribution is 5.72. The minimum absolute atomic E-state index is 0.0483. The molecule has 3 amide bonds. The van der Waals surface area contributed by atoms with Gasteiger partial charge in [0.25, 0.3) is 0 Å². The van der Waals surface area contributed by atoms with Crippen LogP contribution in [0.4, 0.5) is 9.59 Å². The summed E-state index contributed by atoms with van der Waals surface area (Å²) in [6.07, 6.45) is -0.803. The van der Waals surface area contributed by atoms with E-state index in [0.29, 0.717) is 50.6 Å². The molecular weight excluding hydrogens is 464 g/mol. The topological polar surface area (TPSA) is 136 Å². The molecule has 0 saturated carbocycles. The number of carbonyl (C=O) groups is 2. The van der Waals surface area contributed by atoms with Gasteiger partial charge >= 0.3 is 12.1 Å². The van der Waals surface area contributed by atoms with Crippen molar-refractivity contribution in [3.8, 4) is 11.8 Å². The number of morpholine rings is 2. The summed E-state index contributed by atoms with van der Waals surface area (Å²) in [4.78, 5) is 31.2. The largest absolute Gasteiger partial charge is 0.492 e. The molecule has 2 saturated heterocycles. The fraction of sp³-hybridized carbons (Fsp3) is 0.640. The van der Waals surface area contributed by atoms with E-state index in [9.17, 15) is 14.7 Å². The Morgan fingerprint density at radius 2 is 1.64 bits per heavy atom. The van der Waals surface area contributed by atoms with Gasteiger partial charge in [0.1, 0.15) is 12.4 Å².